The Morgan fingerprint density at radius 3 is 2.50 bits per heavy atom. The standard InChI is InChI=1S/C22H27BrO7/c1-13(8-10-17(24)27-3)7-9-15-20(28-4)14(2)16-12-29-22(26)19(16)21(15)30-18(25)6-5-11-23/h7H,5-6,8-12H2,1-4H3/b13-7+. The van der Waals surface area contributed by atoms with Crippen molar-refractivity contribution in [2.75, 3.05) is 19.5 Å². The van der Waals surface area contributed by atoms with Gasteiger partial charge in [-0.05, 0) is 38.7 Å². The summed E-state index contributed by atoms with van der Waals surface area (Å²) >= 11 is 3.30. The zero-order chi connectivity index (χ0) is 22.3. The van der Waals surface area contributed by atoms with E-state index >= 15 is 0 Å². The fourth-order valence-electron chi connectivity index (χ4n) is 3.28. The highest BCUT2D eigenvalue weighted by Gasteiger charge is 2.34. The minimum absolute atomic E-state index is 0.122. The van der Waals surface area contributed by atoms with E-state index in [1.165, 1.54) is 7.11 Å². The maximum atomic E-state index is 12.4. The van der Waals surface area contributed by atoms with Gasteiger partial charge in [0.2, 0.25) is 0 Å². The van der Waals surface area contributed by atoms with Crippen LogP contribution in [0.25, 0.3) is 0 Å². The summed E-state index contributed by atoms with van der Waals surface area (Å²) in [6.45, 7) is 3.88. The smallest absolute Gasteiger partial charge is 0.342 e. The van der Waals surface area contributed by atoms with Crippen LogP contribution in [-0.2, 0) is 32.1 Å². The third-order valence-electron chi connectivity index (χ3n) is 4.96. The Kier molecular flexibility index (Phi) is 8.89. The van der Waals surface area contributed by atoms with Crippen molar-refractivity contribution in [1.29, 1.82) is 0 Å². The minimum Gasteiger partial charge on any atom is -0.496 e. The lowest BCUT2D eigenvalue weighted by Gasteiger charge is -2.18. The Balaban J connectivity index is 2.44. The van der Waals surface area contributed by atoms with Gasteiger partial charge in [-0.1, -0.05) is 27.6 Å². The molecule has 2 rings (SSSR count). The molecule has 1 aliphatic heterocycles. The van der Waals surface area contributed by atoms with Crippen molar-refractivity contribution in [2.45, 2.75) is 52.6 Å². The number of hydrogen-bond acceptors (Lipinski definition) is 7. The van der Waals surface area contributed by atoms with Crippen molar-refractivity contribution in [3.63, 3.8) is 0 Å². The van der Waals surface area contributed by atoms with Crippen molar-refractivity contribution in [2.24, 2.45) is 0 Å². The number of ether oxygens (including phenoxy) is 4. The maximum Gasteiger partial charge on any atom is 0.342 e. The summed E-state index contributed by atoms with van der Waals surface area (Å²) in [6, 6.07) is 0. The van der Waals surface area contributed by atoms with E-state index < -0.39 is 11.9 Å². The molecular formula is C22H27BrO7. The van der Waals surface area contributed by atoms with Crippen molar-refractivity contribution in [1.82, 2.24) is 0 Å². The Morgan fingerprint density at radius 2 is 1.87 bits per heavy atom. The molecule has 164 valence electrons. The van der Waals surface area contributed by atoms with Crippen LogP contribution < -0.4 is 9.47 Å². The predicted molar refractivity (Wildman–Crippen MR) is 114 cm³/mol. The summed E-state index contributed by atoms with van der Waals surface area (Å²) in [7, 11) is 2.90. The number of hydrogen-bond donors (Lipinski definition) is 0. The summed E-state index contributed by atoms with van der Waals surface area (Å²) in [5, 5.41) is 0.675. The first kappa shape index (κ1) is 23.9. The summed E-state index contributed by atoms with van der Waals surface area (Å²) in [5.41, 5.74) is 3.33. The molecule has 30 heavy (non-hydrogen) atoms. The van der Waals surface area contributed by atoms with Gasteiger partial charge in [0.05, 0.1) is 14.2 Å². The molecule has 0 N–H and O–H groups in total. The van der Waals surface area contributed by atoms with E-state index in [1.807, 2.05) is 19.9 Å². The Hall–Kier alpha value is -2.35. The Morgan fingerprint density at radius 1 is 1.13 bits per heavy atom. The number of esters is 3. The lowest BCUT2D eigenvalue weighted by Crippen LogP contribution is -2.14. The molecule has 7 nitrogen and oxygen atoms in total. The molecule has 0 fully saturated rings. The van der Waals surface area contributed by atoms with Crippen molar-refractivity contribution < 1.29 is 33.3 Å². The van der Waals surface area contributed by atoms with Crippen LogP contribution in [0, 0.1) is 6.92 Å². The van der Waals surface area contributed by atoms with Gasteiger partial charge in [0.1, 0.15) is 17.9 Å². The van der Waals surface area contributed by atoms with Crippen LogP contribution in [0.3, 0.4) is 0 Å². The number of rotatable bonds is 10. The molecule has 0 saturated carbocycles. The first-order valence-electron chi connectivity index (χ1n) is 9.72. The van der Waals surface area contributed by atoms with Crippen molar-refractivity contribution in [3.05, 3.63) is 33.9 Å². The lowest BCUT2D eigenvalue weighted by molar-refractivity contribution is -0.140. The SMILES string of the molecule is COC(=O)CC/C(C)=C/Cc1c(OC)c(C)c2c(c1OC(=O)CCCBr)C(=O)OC2. The first-order valence-corrected chi connectivity index (χ1v) is 10.8. The van der Waals surface area contributed by atoms with Gasteiger partial charge in [-0.2, -0.15) is 0 Å². The summed E-state index contributed by atoms with van der Waals surface area (Å²) < 4.78 is 21.2. The molecule has 0 radical (unpaired) electrons. The van der Waals surface area contributed by atoms with Crippen LogP contribution in [0.15, 0.2) is 11.6 Å². The average Bonchev–Trinajstić information content (AvgIpc) is 3.12. The minimum atomic E-state index is -0.508. The molecule has 0 amide bonds. The number of carbonyl (C=O) groups is 3. The first-order chi connectivity index (χ1) is 14.3. The van der Waals surface area contributed by atoms with Crippen LogP contribution in [-0.4, -0.2) is 37.5 Å². The zero-order valence-corrected chi connectivity index (χ0v) is 19.3. The number of methoxy groups -OCH3 is 2. The second-order valence-electron chi connectivity index (χ2n) is 6.99. The van der Waals surface area contributed by atoms with E-state index in [-0.39, 0.29) is 36.7 Å². The molecule has 0 bridgehead atoms. The number of halogens is 1. The molecule has 0 saturated heterocycles. The third-order valence-corrected chi connectivity index (χ3v) is 5.52. The van der Waals surface area contributed by atoms with Gasteiger partial charge in [-0.3, -0.25) is 9.59 Å². The topological polar surface area (TPSA) is 88.1 Å². The number of carbonyl (C=O) groups excluding carboxylic acids is 3. The van der Waals surface area contributed by atoms with Gasteiger partial charge in [0.15, 0.2) is 5.75 Å². The molecule has 8 heteroatoms. The van der Waals surface area contributed by atoms with Crippen LogP contribution >= 0.6 is 15.9 Å². The van der Waals surface area contributed by atoms with Crippen molar-refractivity contribution in [3.8, 4) is 11.5 Å². The second-order valence-corrected chi connectivity index (χ2v) is 7.79. The van der Waals surface area contributed by atoms with Crippen LogP contribution in [0.5, 0.6) is 11.5 Å². The number of alkyl halides is 1. The molecule has 0 unspecified atom stereocenters. The highest BCUT2D eigenvalue weighted by Crippen LogP contribution is 2.43. The number of allylic oxidation sites excluding steroid dienone is 2. The zero-order valence-electron chi connectivity index (χ0n) is 17.8. The van der Waals surface area contributed by atoms with Crippen LogP contribution in [0.1, 0.15) is 59.7 Å². The fourth-order valence-corrected chi connectivity index (χ4v) is 3.56. The lowest BCUT2D eigenvalue weighted by atomic mass is 9.94. The van der Waals surface area contributed by atoms with E-state index in [2.05, 4.69) is 20.7 Å². The summed E-state index contributed by atoms with van der Waals surface area (Å²) in [4.78, 5) is 36.1. The van der Waals surface area contributed by atoms with E-state index in [4.69, 9.17) is 14.2 Å². The molecular weight excluding hydrogens is 456 g/mol. The third kappa shape index (κ3) is 5.62. The molecule has 0 aliphatic carbocycles. The quantitative estimate of drug-likeness (QED) is 0.213. The molecule has 1 aromatic carbocycles. The Bertz CT molecular complexity index is 858. The van der Waals surface area contributed by atoms with Gasteiger partial charge < -0.3 is 18.9 Å². The number of fused-ring (bicyclic) bond motifs is 1. The van der Waals surface area contributed by atoms with Gasteiger partial charge in [-0.15, -0.1) is 0 Å². The van der Waals surface area contributed by atoms with Crippen molar-refractivity contribution >= 4 is 33.8 Å². The van der Waals surface area contributed by atoms with Gasteiger partial charge >= 0.3 is 17.9 Å². The molecule has 0 spiro atoms. The predicted octanol–water partition coefficient (Wildman–Crippen LogP) is 4.20. The number of benzene rings is 1. The van der Waals surface area contributed by atoms with E-state index in [0.29, 0.717) is 41.5 Å². The second kappa shape index (κ2) is 11.2. The monoisotopic (exact) mass is 482 g/mol. The van der Waals surface area contributed by atoms with E-state index in [9.17, 15) is 14.4 Å². The molecule has 0 atom stereocenters. The summed E-state index contributed by atoms with van der Waals surface area (Å²) in [6.07, 6.45) is 3.97. The van der Waals surface area contributed by atoms with E-state index in [0.717, 1.165) is 11.1 Å². The molecule has 1 aliphatic rings. The van der Waals surface area contributed by atoms with Gasteiger partial charge in [0, 0.05) is 29.3 Å². The van der Waals surface area contributed by atoms with Crippen LogP contribution in [0.4, 0.5) is 0 Å². The molecule has 0 aromatic heterocycles. The molecule has 1 heterocycles. The highest BCUT2D eigenvalue weighted by molar-refractivity contribution is 9.09. The van der Waals surface area contributed by atoms with Gasteiger partial charge in [-0.25, -0.2) is 4.79 Å². The van der Waals surface area contributed by atoms with Crippen LogP contribution in [0.2, 0.25) is 0 Å². The molecule has 1 aromatic rings. The van der Waals surface area contributed by atoms with E-state index in [1.54, 1.807) is 7.11 Å². The highest BCUT2D eigenvalue weighted by atomic mass is 79.9. The summed E-state index contributed by atoms with van der Waals surface area (Å²) in [5.74, 6) is -0.446. The largest absolute Gasteiger partial charge is 0.496 e. The Labute approximate surface area is 184 Å². The van der Waals surface area contributed by atoms with Gasteiger partial charge in [0.25, 0.3) is 0 Å². The normalized spacial score (nSPS) is 13.0. The number of cyclic esters (lactones) is 1. The fraction of sp³-hybridized carbons (Fsp3) is 0.500. The maximum absolute atomic E-state index is 12.4. The average molecular weight is 483 g/mol.